The summed E-state index contributed by atoms with van der Waals surface area (Å²) in [6.07, 6.45) is 0.575. The van der Waals surface area contributed by atoms with E-state index in [0.29, 0.717) is 24.3 Å². The van der Waals surface area contributed by atoms with Crippen molar-refractivity contribution >= 4 is 21.7 Å². The van der Waals surface area contributed by atoms with E-state index >= 15 is 0 Å². The number of hydrogen-bond donors (Lipinski definition) is 2. The topological polar surface area (TPSA) is 98.5 Å². The van der Waals surface area contributed by atoms with E-state index in [0.717, 1.165) is 0 Å². The highest BCUT2D eigenvalue weighted by atomic mass is 32.2. The van der Waals surface area contributed by atoms with Gasteiger partial charge in [-0.25, -0.2) is 13.1 Å². The van der Waals surface area contributed by atoms with Gasteiger partial charge in [0.1, 0.15) is 0 Å². The molecule has 0 saturated heterocycles. The molecule has 0 spiro atoms. The Bertz CT molecular complexity index is 570. The molecule has 0 bridgehead atoms. The van der Waals surface area contributed by atoms with Crippen LogP contribution in [0.4, 0.5) is 5.69 Å². The Labute approximate surface area is 119 Å². The van der Waals surface area contributed by atoms with E-state index in [-0.39, 0.29) is 23.8 Å². The van der Waals surface area contributed by atoms with Gasteiger partial charge in [0.05, 0.1) is 11.5 Å². The Balaban J connectivity index is 2.58. The fraction of sp³-hybridized carbons (Fsp3) is 0.462. The average molecular weight is 300 g/mol. The fourth-order valence-electron chi connectivity index (χ4n) is 1.67. The van der Waals surface area contributed by atoms with E-state index in [1.165, 1.54) is 6.07 Å². The lowest BCUT2D eigenvalue weighted by molar-refractivity contribution is -0.143. The number of rotatable bonds is 7. The Hall–Kier alpha value is -1.60. The normalized spacial score (nSPS) is 11.3. The van der Waals surface area contributed by atoms with Crippen molar-refractivity contribution in [3.8, 4) is 0 Å². The second-order valence-electron chi connectivity index (χ2n) is 4.28. The van der Waals surface area contributed by atoms with Crippen LogP contribution in [0, 0.1) is 6.92 Å². The van der Waals surface area contributed by atoms with Crippen LogP contribution in [0.1, 0.15) is 25.3 Å². The molecule has 0 heterocycles. The van der Waals surface area contributed by atoms with Gasteiger partial charge in [0.15, 0.2) is 0 Å². The molecule has 0 aliphatic carbocycles. The highest BCUT2D eigenvalue weighted by Gasteiger charge is 2.17. The van der Waals surface area contributed by atoms with Crippen molar-refractivity contribution in [2.24, 2.45) is 0 Å². The van der Waals surface area contributed by atoms with Crippen molar-refractivity contribution in [3.63, 3.8) is 0 Å². The number of esters is 1. The van der Waals surface area contributed by atoms with Crippen LogP contribution in [0.15, 0.2) is 23.1 Å². The van der Waals surface area contributed by atoms with Crippen molar-refractivity contribution in [3.05, 3.63) is 23.8 Å². The number of ether oxygens (including phenoxy) is 1. The van der Waals surface area contributed by atoms with Crippen LogP contribution < -0.4 is 10.5 Å². The highest BCUT2D eigenvalue weighted by Crippen LogP contribution is 2.20. The van der Waals surface area contributed by atoms with E-state index in [4.69, 9.17) is 10.5 Å². The summed E-state index contributed by atoms with van der Waals surface area (Å²) in [6, 6.07) is 4.74. The largest absolute Gasteiger partial charge is 0.466 e. The van der Waals surface area contributed by atoms with Gasteiger partial charge in [-0.3, -0.25) is 4.79 Å². The Morgan fingerprint density at radius 1 is 1.40 bits per heavy atom. The Kier molecular flexibility index (Phi) is 5.97. The summed E-state index contributed by atoms with van der Waals surface area (Å²) < 4.78 is 31.4. The van der Waals surface area contributed by atoms with Gasteiger partial charge >= 0.3 is 5.97 Å². The number of benzene rings is 1. The lowest BCUT2D eigenvalue weighted by Gasteiger charge is -2.10. The minimum Gasteiger partial charge on any atom is -0.466 e. The maximum absolute atomic E-state index is 12.1. The molecule has 1 rings (SSSR count). The first-order valence-corrected chi connectivity index (χ1v) is 7.87. The standard InChI is InChI=1S/C13H20N2O4S/c1-3-19-13(16)8-5-9-15-20(17,18)12-7-4-6-11(14)10(12)2/h4,6-7,15H,3,5,8-9,14H2,1-2H3. The minimum atomic E-state index is -3.61. The first kappa shape index (κ1) is 16.5. The van der Waals surface area contributed by atoms with Gasteiger partial charge in [-0.15, -0.1) is 0 Å². The number of nitrogens with one attached hydrogen (secondary N) is 1. The molecular formula is C13H20N2O4S. The van der Waals surface area contributed by atoms with Gasteiger partial charge < -0.3 is 10.5 Å². The maximum Gasteiger partial charge on any atom is 0.305 e. The van der Waals surface area contributed by atoms with E-state index in [2.05, 4.69) is 4.72 Å². The van der Waals surface area contributed by atoms with Crippen molar-refractivity contribution < 1.29 is 17.9 Å². The third-order valence-electron chi connectivity index (χ3n) is 2.77. The molecule has 0 saturated carbocycles. The third-order valence-corrected chi connectivity index (χ3v) is 4.38. The zero-order valence-corrected chi connectivity index (χ0v) is 12.5. The summed E-state index contributed by atoms with van der Waals surface area (Å²) in [4.78, 5) is 11.3. The third kappa shape index (κ3) is 4.50. The molecule has 1 aromatic rings. The smallest absolute Gasteiger partial charge is 0.305 e. The molecule has 0 atom stereocenters. The van der Waals surface area contributed by atoms with Crippen LogP contribution in [0.5, 0.6) is 0 Å². The highest BCUT2D eigenvalue weighted by molar-refractivity contribution is 7.89. The van der Waals surface area contributed by atoms with Crippen LogP contribution >= 0.6 is 0 Å². The minimum absolute atomic E-state index is 0.161. The molecular weight excluding hydrogens is 280 g/mol. The van der Waals surface area contributed by atoms with Gasteiger partial charge in [-0.1, -0.05) is 6.07 Å². The van der Waals surface area contributed by atoms with Crippen molar-refractivity contribution in [2.45, 2.75) is 31.6 Å². The number of nitrogen functional groups attached to an aromatic ring is 1. The number of hydrogen-bond acceptors (Lipinski definition) is 5. The van der Waals surface area contributed by atoms with Crippen molar-refractivity contribution in [2.75, 3.05) is 18.9 Å². The first-order valence-electron chi connectivity index (χ1n) is 6.39. The van der Waals surface area contributed by atoms with E-state index in [1.54, 1.807) is 26.0 Å². The van der Waals surface area contributed by atoms with Gasteiger partial charge in [0, 0.05) is 18.7 Å². The molecule has 6 nitrogen and oxygen atoms in total. The lowest BCUT2D eigenvalue weighted by Crippen LogP contribution is -2.26. The van der Waals surface area contributed by atoms with Gasteiger partial charge in [-0.05, 0) is 38.0 Å². The Morgan fingerprint density at radius 2 is 2.10 bits per heavy atom. The lowest BCUT2D eigenvalue weighted by atomic mass is 10.2. The zero-order valence-electron chi connectivity index (χ0n) is 11.7. The van der Waals surface area contributed by atoms with Gasteiger partial charge in [-0.2, -0.15) is 0 Å². The number of nitrogens with two attached hydrogens (primary N) is 1. The van der Waals surface area contributed by atoms with Crippen LogP contribution in [-0.2, 0) is 19.6 Å². The SMILES string of the molecule is CCOC(=O)CCCNS(=O)(=O)c1cccc(N)c1C. The quantitative estimate of drug-likeness (QED) is 0.448. The summed E-state index contributed by atoms with van der Waals surface area (Å²) in [5.41, 5.74) is 6.64. The van der Waals surface area contributed by atoms with Gasteiger partial charge in [0.25, 0.3) is 0 Å². The molecule has 3 N–H and O–H groups in total. The second kappa shape index (κ2) is 7.25. The number of sulfonamides is 1. The molecule has 0 unspecified atom stereocenters. The van der Waals surface area contributed by atoms with Crippen LogP contribution in [0.2, 0.25) is 0 Å². The monoisotopic (exact) mass is 300 g/mol. The predicted octanol–water partition coefficient (Wildman–Crippen LogP) is 1.20. The van der Waals surface area contributed by atoms with E-state index in [9.17, 15) is 13.2 Å². The number of carbonyl (C=O) groups excluding carboxylic acids is 1. The molecule has 0 amide bonds. The fourth-order valence-corrected chi connectivity index (χ4v) is 3.02. The maximum atomic E-state index is 12.1. The van der Waals surface area contributed by atoms with Crippen molar-refractivity contribution in [1.29, 1.82) is 0 Å². The average Bonchev–Trinajstić information content (AvgIpc) is 2.38. The van der Waals surface area contributed by atoms with Gasteiger partial charge in [0.2, 0.25) is 10.0 Å². The summed E-state index contributed by atoms with van der Waals surface area (Å²) in [5, 5.41) is 0. The molecule has 0 radical (unpaired) electrons. The van der Waals surface area contributed by atoms with E-state index in [1.807, 2.05) is 0 Å². The van der Waals surface area contributed by atoms with Crippen LogP contribution in [0.25, 0.3) is 0 Å². The summed E-state index contributed by atoms with van der Waals surface area (Å²) >= 11 is 0. The molecule has 0 fully saturated rings. The summed E-state index contributed by atoms with van der Waals surface area (Å²) in [6.45, 7) is 3.88. The molecule has 112 valence electrons. The summed E-state index contributed by atoms with van der Waals surface area (Å²) in [5.74, 6) is -0.327. The van der Waals surface area contributed by atoms with E-state index < -0.39 is 10.0 Å². The predicted molar refractivity (Wildman–Crippen MR) is 76.6 cm³/mol. The second-order valence-corrected chi connectivity index (χ2v) is 6.01. The summed E-state index contributed by atoms with van der Waals surface area (Å²) in [7, 11) is -3.61. The first-order chi connectivity index (χ1) is 9.38. The molecule has 1 aromatic carbocycles. The van der Waals surface area contributed by atoms with Crippen molar-refractivity contribution in [1.82, 2.24) is 4.72 Å². The van der Waals surface area contributed by atoms with Crippen LogP contribution in [0.3, 0.4) is 0 Å². The molecule has 7 heteroatoms. The molecule has 0 aromatic heterocycles. The van der Waals surface area contributed by atoms with Crippen LogP contribution in [-0.4, -0.2) is 27.5 Å². The zero-order chi connectivity index (χ0) is 15.2. The molecule has 20 heavy (non-hydrogen) atoms. The Morgan fingerprint density at radius 3 is 2.75 bits per heavy atom. The number of carbonyl (C=O) groups is 1. The molecule has 0 aliphatic heterocycles. The number of anilines is 1. The molecule has 0 aliphatic rings.